The Hall–Kier alpha value is -1.64. The monoisotopic (exact) mass is 261 g/mol. The first-order valence-electron chi connectivity index (χ1n) is 5.84. The fourth-order valence-corrected chi connectivity index (χ4v) is 3.30. The molecule has 1 aromatic rings. The molecule has 0 radical (unpaired) electrons. The zero-order valence-electron chi connectivity index (χ0n) is 10.3. The summed E-state index contributed by atoms with van der Waals surface area (Å²) in [5.74, 6) is -0.00402. The van der Waals surface area contributed by atoms with Crippen molar-refractivity contribution >= 4 is 17.2 Å². The number of amides is 1. The van der Waals surface area contributed by atoms with Gasteiger partial charge in [0, 0.05) is 24.0 Å². The van der Waals surface area contributed by atoms with E-state index in [0.29, 0.717) is 19.6 Å². The Kier molecular flexibility index (Phi) is 3.80. The van der Waals surface area contributed by atoms with E-state index in [0.717, 1.165) is 21.7 Å². The van der Waals surface area contributed by atoms with Crippen LogP contribution in [0.5, 0.6) is 0 Å². The maximum Gasteiger partial charge on any atom is 0.246 e. The first kappa shape index (κ1) is 12.8. The molecule has 4 nitrogen and oxygen atoms in total. The molecule has 0 aliphatic carbocycles. The van der Waals surface area contributed by atoms with E-state index in [1.54, 1.807) is 11.0 Å². The lowest BCUT2D eigenvalue weighted by Gasteiger charge is -2.26. The molecule has 2 heterocycles. The van der Waals surface area contributed by atoms with E-state index in [-0.39, 0.29) is 5.91 Å². The van der Waals surface area contributed by atoms with Gasteiger partial charge in [-0.15, -0.1) is 11.3 Å². The van der Waals surface area contributed by atoms with Crippen LogP contribution in [0.4, 0.5) is 0 Å². The van der Waals surface area contributed by atoms with Gasteiger partial charge in [-0.05, 0) is 24.5 Å². The number of hydrogen-bond acceptors (Lipinski definition) is 4. The quantitative estimate of drug-likeness (QED) is 0.816. The molecule has 2 N–H and O–H groups in total. The average molecular weight is 261 g/mol. The van der Waals surface area contributed by atoms with Gasteiger partial charge >= 0.3 is 0 Å². The van der Waals surface area contributed by atoms with Crippen molar-refractivity contribution in [3.05, 3.63) is 33.0 Å². The first-order chi connectivity index (χ1) is 8.67. The van der Waals surface area contributed by atoms with Gasteiger partial charge in [0.1, 0.15) is 10.9 Å². The molecule has 0 atom stereocenters. The lowest BCUT2D eigenvalue weighted by atomic mass is 10.0. The Morgan fingerprint density at radius 1 is 1.67 bits per heavy atom. The molecule has 0 unspecified atom stereocenters. The molecular formula is C13H15N3OS. The van der Waals surface area contributed by atoms with E-state index in [1.165, 1.54) is 23.0 Å². The number of carbonyl (C=O) groups excluding carboxylic acids is 1. The van der Waals surface area contributed by atoms with Crippen LogP contribution in [0.25, 0.3) is 0 Å². The molecule has 18 heavy (non-hydrogen) atoms. The first-order valence-corrected chi connectivity index (χ1v) is 6.65. The molecule has 1 amide bonds. The molecular weight excluding hydrogens is 246 g/mol. The van der Waals surface area contributed by atoms with Crippen molar-refractivity contribution in [3.63, 3.8) is 0 Å². The summed E-state index contributed by atoms with van der Waals surface area (Å²) >= 11 is 1.50. The second-order valence-corrected chi connectivity index (χ2v) is 5.32. The summed E-state index contributed by atoms with van der Waals surface area (Å²) in [7, 11) is 0. The number of nitrogens with zero attached hydrogens (tertiary/aromatic N) is 2. The predicted octanol–water partition coefficient (Wildman–Crippen LogP) is 1.33. The number of rotatable bonds is 2. The third-order valence-electron chi connectivity index (χ3n) is 3.13. The maximum atomic E-state index is 11.9. The summed E-state index contributed by atoms with van der Waals surface area (Å²) in [5, 5.41) is 9.01. The maximum absolute atomic E-state index is 11.9. The normalized spacial score (nSPS) is 14.6. The number of nitrogens with two attached hydrogens (primary N) is 1. The van der Waals surface area contributed by atoms with Crippen LogP contribution >= 0.6 is 11.3 Å². The zero-order chi connectivity index (χ0) is 13.1. The highest BCUT2D eigenvalue weighted by atomic mass is 32.1. The number of hydrogen-bond donors (Lipinski definition) is 1. The van der Waals surface area contributed by atoms with Crippen LogP contribution in [0.1, 0.15) is 20.9 Å². The summed E-state index contributed by atoms with van der Waals surface area (Å²) < 4.78 is 0. The Labute approximate surface area is 110 Å². The summed E-state index contributed by atoms with van der Waals surface area (Å²) in [4.78, 5) is 15.6. The van der Waals surface area contributed by atoms with Crippen molar-refractivity contribution in [2.24, 2.45) is 5.73 Å². The minimum atomic E-state index is -0.00402. The molecule has 5 heteroatoms. The van der Waals surface area contributed by atoms with Crippen molar-refractivity contribution in [2.75, 3.05) is 13.1 Å². The van der Waals surface area contributed by atoms with E-state index in [4.69, 9.17) is 11.0 Å². The number of nitriles is 1. The van der Waals surface area contributed by atoms with E-state index in [1.807, 2.05) is 6.92 Å². The molecule has 1 aliphatic heterocycles. The summed E-state index contributed by atoms with van der Waals surface area (Å²) in [6.45, 7) is 3.68. The van der Waals surface area contributed by atoms with Crippen molar-refractivity contribution in [1.82, 2.24) is 4.90 Å². The molecule has 2 rings (SSSR count). The van der Waals surface area contributed by atoms with Gasteiger partial charge in [-0.2, -0.15) is 5.26 Å². The van der Waals surface area contributed by atoms with E-state index >= 15 is 0 Å². The topological polar surface area (TPSA) is 70.1 Å². The van der Waals surface area contributed by atoms with Crippen LogP contribution in [-0.4, -0.2) is 23.9 Å². The molecule has 0 saturated carbocycles. The Bertz CT molecular complexity index is 539. The van der Waals surface area contributed by atoms with E-state index in [9.17, 15) is 4.79 Å². The Morgan fingerprint density at radius 3 is 3.11 bits per heavy atom. The molecule has 0 bridgehead atoms. The van der Waals surface area contributed by atoms with Crippen molar-refractivity contribution in [1.29, 1.82) is 5.26 Å². The van der Waals surface area contributed by atoms with Gasteiger partial charge in [-0.3, -0.25) is 4.79 Å². The molecule has 1 aromatic heterocycles. The van der Waals surface area contributed by atoms with Gasteiger partial charge in [0.25, 0.3) is 0 Å². The zero-order valence-corrected chi connectivity index (χ0v) is 11.1. The Morgan fingerprint density at radius 2 is 2.44 bits per heavy atom. The van der Waals surface area contributed by atoms with Crippen molar-refractivity contribution < 1.29 is 4.79 Å². The Balaban J connectivity index is 2.18. The number of carbonyl (C=O) groups is 1. The van der Waals surface area contributed by atoms with Crippen LogP contribution in [0.3, 0.4) is 0 Å². The lowest BCUT2D eigenvalue weighted by molar-refractivity contribution is -0.126. The van der Waals surface area contributed by atoms with Gasteiger partial charge in [0.2, 0.25) is 5.91 Å². The summed E-state index contributed by atoms with van der Waals surface area (Å²) in [6, 6.07) is 2.22. The number of thiophene rings is 1. The van der Waals surface area contributed by atoms with Crippen molar-refractivity contribution in [3.8, 4) is 6.07 Å². The summed E-state index contributed by atoms with van der Waals surface area (Å²) in [6.07, 6.45) is 4.02. The molecule has 0 fully saturated rings. The third-order valence-corrected chi connectivity index (χ3v) is 4.35. The second kappa shape index (κ2) is 5.34. The fourth-order valence-electron chi connectivity index (χ4n) is 2.13. The highest BCUT2D eigenvalue weighted by Gasteiger charge is 2.24. The van der Waals surface area contributed by atoms with Gasteiger partial charge < -0.3 is 10.6 Å². The summed E-state index contributed by atoms with van der Waals surface area (Å²) in [5.41, 5.74) is 7.67. The van der Waals surface area contributed by atoms with Crippen LogP contribution in [0.2, 0.25) is 0 Å². The van der Waals surface area contributed by atoms with Crippen LogP contribution in [-0.2, 0) is 17.8 Å². The second-order valence-electron chi connectivity index (χ2n) is 4.22. The smallest absolute Gasteiger partial charge is 0.246 e. The SMILES string of the molecule is Cc1c(C#N)sc2c1CCN(C(=O)/C=C/CN)C2. The predicted molar refractivity (Wildman–Crippen MR) is 71.1 cm³/mol. The molecule has 0 spiro atoms. The molecule has 94 valence electrons. The number of fused-ring (bicyclic) bond motifs is 1. The third kappa shape index (κ3) is 2.30. The molecule has 0 aromatic carbocycles. The van der Waals surface area contributed by atoms with Gasteiger partial charge in [-0.25, -0.2) is 0 Å². The minimum Gasteiger partial charge on any atom is -0.334 e. The van der Waals surface area contributed by atoms with Crippen molar-refractivity contribution in [2.45, 2.75) is 19.9 Å². The van der Waals surface area contributed by atoms with E-state index < -0.39 is 0 Å². The van der Waals surface area contributed by atoms with Gasteiger partial charge in [0.15, 0.2) is 0 Å². The van der Waals surface area contributed by atoms with Gasteiger partial charge in [-0.1, -0.05) is 6.08 Å². The standard InChI is InChI=1S/C13H15N3OS/c1-9-10-4-6-16(13(17)3-2-5-14)8-12(10)18-11(9)7-15/h2-3H,4-6,8,14H2,1H3/b3-2+. The van der Waals surface area contributed by atoms with Crippen LogP contribution in [0.15, 0.2) is 12.2 Å². The van der Waals surface area contributed by atoms with Crippen LogP contribution < -0.4 is 5.73 Å². The average Bonchev–Trinajstić information content (AvgIpc) is 2.72. The fraction of sp³-hybridized carbons (Fsp3) is 0.385. The lowest BCUT2D eigenvalue weighted by Crippen LogP contribution is -2.34. The van der Waals surface area contributed by atoms with E-state index in [2.05, 4.69) is 6.07 Å². The largest absolute Gasteiger partial charge is 0.334 e. The molecule has 1 aliphatic rings. The molecule has 0 saturated heterocycles. The van der Waals surface area contributed by atoms with Gasteiger partial charge in [0.05, 0.1) is 6.54 Å². The minimum absolute atomic E-state index is 0.00402. The highest BCUT2D eigenvalue weighted by molar-refractivity contribution is 7.12. The highest BCUT2D eigenvalue weighted by Crippen LogP contribution is 2.32. The van der Waals surface area contributed by atoms with Crippen LogP contribution in [0, 0.1) is 18.3 Å².